The Labute approximate surface area is 232 Å². The summed E-state index contributed by atoms with van der Waals surface area (Å²) in [7, 11) is 0. The molecule has 2 aromatic rings. The summed E-state index contributed by atoms with van der Waals surface area (Å²) in [6.07, 6.45) is 2.99. The minimum absolute atomic E-state index is 0.123. The maximum atomic E-state index is 13.5. The number of benzene rings is 2. The Morgan fingerprint density at radius 2 is 1.63 bits per heavy atom. The van der Waals surface area contributed by atoms with Crippen LogP contribution in [0, 0.1) is 26.7 Å². The van der Waals surface area contributed by atoms with E-state index < -0.39 is 24.4 Å². The number of amides is 5. The Kier molecular flexibility index (Phi) is 8.63. The van der Waals surface area contributed by atoms with Gasteiger partial charge in [-0.15, -0.1) is 0 Å². The molecular weight excluding hydrogens is 527 g/mol. The maximum absolute atomic E-state index is 13.5. The summed E-state index contributed by atoms with van der Waals surface area (Å²) in [4.78, 5) is 55.1. The first kappa shape index (κ1) is 27.9. The van der Waals surface area contributed by atoms with E-state index in [2.05, 4.69) is 10.6 Å². The lowest BCUT2D eigenvalue weighted by Crippen LogP contribution is -2.64. The zero-order chi connectivity index (χ0) is 27.6. The molecule has 38 heavy (non-hydrogen) atoms. The van der Waals surface area contributed by atoms with Crippen LogP contribution in [0.15, 0.2) is 30.3 Å². The van der Waals surface area contributed by atoms with Crippen LogP contribution in [0.25, 0.3) is 0 Å². The monoisotopic (exact) mass is 558 g/mol. The summed E-state index contributed by atoms with van der Waals surface area (Å²) in [5.74, 6) is -1.63. The number of carbonyl (C=O) groups is 4. The molecule has 2 aromatic carbocycles. The molecule has 2 unspecified atom stereocenters. The topological polar surface area (TPSA) is 98.8 Å². The summed E-state index contributed by atoms with van der Waals surface area (Å²) in [5, 5.41) is 6.55. The van der Waals surface area contributed by atoms with Crippen molar-refractivity contribution in [3.8, 4) is 0 Å². The van der Waals surface area contributed by atoms with E-state index in [0.717, 1.165) is 40.1 Å². The number of aryl methyl sites for hydroxylation is 3. The highest BCUT2D eigenvalue weighted by Crippen LogP contribution is 2.34. The predicted molar refractivity (Wildman–Crippen MR) is 147 cm³/mol. The number of halogens is 2. The van der Waals surface area contributed by atoms with Crippen molar-refractivity contribution < 1.29 is 19.2 Å². The zero-order valence-electron chi connectivity index (χ0n) is 21.8. The van der Waals surface area contributed by atoms with Crippen LogP contribution >= 0.6 is 23.2 Å². The molecule has 1 aliphatic heterocycles. The molecule has 0 bridgehead atoms. The van der Waals surface area contributed by atoms with Gasteiger partial charge in [0.25, 0.3) is 0 Å². The van der Waals surface area contributed by atoms with Crippen LogP contribution in [-0.4, -0.2) is 52.7 Å². The number of nitrogens with one attached hydrogen (secondary N) is 2. The van der Waals surface area contributed by atoms with Crippen molar-refractivity contribution in [3.63, 3.8) is 0 Å². The Balaban J connectivity index is 1.47. The number of anilines is 1. The second kappa shape index (κ2) is 11.7. The van der Waals surface area contributed by atoms with Gasteiger partial charge in [-0.3, -0.25) is 19.3 Å². The van der Waals surface area contributed by atoms with Gasteiger partial charge in [0.2, 0.25) is 17.7 Å². The van der Waals surface area contributed by atoms with Crippen LogP contribution < -0.4 is 10.6 Å². The second-order valence-electron chi connectivity index (χ2n) is 10.1. The van der Waals surface area contributed by atoms with E-state index in [-0.39, 0.29) is 30.9 Å². The van der Waals surface area contributed by atoms with Gasteiger partial charge in [0.15, 0.2) is 0 Å². The van der Waals surface area contributed by atoms with E-state index in [1.54, 1.807) is 18.2 Å². The van der Waals surface area contributed by atoms with Gasteiger partial charge in [0.05, 0.1) is 5.92 Å². The van der Waals surface area contributed by atoms with E-state index in [1.165, 1.54) is 4.90 Å². The van der Waals surface area contributed by atoms with E-state index in [9.17, 15) is 19.2 Å². The van der Waals surface area contributed by atoms with E-state index in [1.807, 2.05) is 32.9 Å². The third-order valence-corrected chi connectivity index (χ3v) is 7.82. The van der Waals surface area contributed by atoms with Crippen LogP contribution in [0.5, 0.6) is 0 Å². The minimum Gasteiger partial charge on any atom is -0.350 e. The number of urea groups is 1. The standard InChI is InChI=1S/C28H32Cl2N4O4/c1-16-10-17(2)26(18(3)11-16)32-25(36)15-33-23-7-5-4-6-21(23)27(37)34(28(33)38)14-24(35)31-13-19-8-9-20(29)12-22(19)30/h8-12,21,23H,4-7,13-15H2,1-3H3,(H,31,35)(H,32,36). The molecule has 1 saturated carbocycles. The summed E-state index contributed by atoms with van der Waals surface area (Å²) in [6.45, 7) is 5.34. The normalized spacial score (nSPS) is 19.3. The predicted octanol–water partition coefficient (Wildman–Crippen LogP) is 5.00. The van der Waals surface area contributed by atoms with Gasteiger partial charge in [0, 0.05) is 28.3 Å². The Morgan fingerprint density at radius 1 is 0.947 bits per heavy atom. The van der Waals surface area contributed by atoms with Crippen LogP contribution in [0.4, 0.5) is 10.5 Å². The van der Waals surface area contributed by atoms with Gasteiger partial charge >= 0.3 is 6.03 Å². The van der Waals surface area contributed by atoms with Crippen LogP contribution in [0.1, 0.15) is 47.9 Å². The van der Waals surface area contributed by atoms with Gasteiger partial charge in [-0.25, -0.2) is 4.79 Å². The number of hydrogen-bond acceptors (Lipinski definition) is 4. The van der Waals surface area contributed by atoms with E-state index in [4.69, 9.17) is 23.2 Å². The summed E-state index contributed by atoms with van der Waals surface area (Å²) < 4.78 is 0. The number of carbonyl (C=O) groups excluding carboxylic acids is 4. The fraction of sp³-hybridized carbons (Fsp3) is 0.429. The number of fused-ring (bicyclic) bond motifs is 1. The van der Waals surface area contributed by atoms with Crippen molar-refractivity contribution in [3.05, 3.63) is 62.6 Å². The van der Waals surface area contributed by atoms with Crippen molar-refractivity contribution in [1.29, 1.82) is 0 Å². The molecule has 4 rings (SSSR count). The number of nitrogens with zero attached hydrogens (tertiary/aromatic N) is 2. The summed E-state index contributed by atoms with van der Waals surface area (Å²) in [6, 6.07) is 7.94. The molecular formula is C28H32Cl2N4O4. The highest BCUT2D eigenvalue weighted by Gasteiger charge is 2.47. The molecule has 5 amide bonds. The van der Waals surface area contributed by atoms with Crippen LogP contribution in [0.2, 0.25) is 10.0 Å². The van der Waals surface area contributed by atoms with Crippen molar-refractivity contribution in [2.24, 2.45) is 5.92 Å². The maximum Gasteiger partial charge on any atom is 0.327 e. The average molecular weight is 559 g/mol. The largest absolute Gasteiger partial charge is 0.350 e. The lowest BCUT2D eigenvalue weighted by atomic mass is 9.81. The van der Waals surface area contributed by atoms with Gasteiger partial charge in [-0.05, 0) is 62.4 Å². The van der Waals surface area contributed by atoms with Gasteiger partial charge in [0.1, 0.15) is 13.1 Å². The van der Waals surface area contributed by atoms with Crippen molar-refractivity contribution >= 4 is 52.6 Å². The first-order chi connectivity index (χ1) is 18.0. The molecule has 1 aliphatic carbocycles. The van der Waals surface area contributed by atoms with E-state index >= 15 is 0 Å². The lowest BCUT2D eigenvalue weighted by molar-refractivity contribution is -0.144. The highest BCUT2D eigenvalue weighted by atomic mass is 35.5. The lowest BCUT2D eigenvalue weighted by Gasteiger charge is -2.46. The number of hydrogen-bond donors (Lipinski definition) is 2. The van der Waals surface area contributed by atoms with Gasteiger partial charge in [-0.2, -0.15) is 0 Å². The van der Waals surface area contributed by atoms with Crippen molar-refractivity contribution in [1.82, 2.24) is 15.1 Å². The molecule has 8 nitrogen and oxygen atoms in total. The fourth-order valence-electron chi connectivity index (χ4n) is 5.46. The first-order valence-corrected chi connectivity index (χ1v) is 13.5. The molecule has 0 spiro atoms. The Hall–Kier alpha value is -3.10. The van der Waals surface area contributed by atoms with Crippen molar-refractivity contribution in [2.75, 3.05) is 18.4 Å². The zero-order valence-corrected chi connectivity index (χ0v) is 23.3. The molecule has 2 atom stereocenters. The number of rotatable bonds is 7. The molecule has 1 saturated heterocycles. The first-order valence-electron chi connectivity index (χ1n) is 12.8. The van der Waals surface area contributed by atoms with Crippen molar-refractivity contribution in [2.45, 2.75) is 59.0 Å². The molecule has 0 aromatic heterocycles. The quantitative estimate of drug-likeness (QED) is 0.499. The Bertz CT molecular complexity index is 1260. The van der Waals surface area contributed by atoms with Gasteiger partial charge < -0.3 is 15.5 Å². The molecule has 2 N–H and O–H groups in total. The highest BCUT2D eigenvalue weighted by molar-refractivity contribution is 6.35. The molecule has 2 fully saturated rings. The third kappa shape index (κ3) is 6.13. The molecule has 10 heteroatoms. The molecule has 0 radical (unpaired) electrons. The van der Waals surface area contributed by atoms with Crippen LogP contribution in [-0.2, 0) is 20.9 Å². The fourth-order valence-corrected chi connectivity index (χ4v) is 5.94. The van der Waals surface area contributed by atoms with Crippen LogP contribution in [0.3, 0.4) is 0 Å². The SMILES string of the molecule is Cc1cc(C)c(NC(=O)CN2C(=O)N(CC(=O)NCc3ccc(Cl)cc3Cl)C(=O)C3CCCCC32)c(C)c1. The smallest absolute Gasteiger partial charge is 0.327 e. The van der Waals surface area contributed by atoms with Gasteiger partial charge in [-0.1, -0.05) is 59.8 Å². The Morgan fingerprint density at radius 3 is 2.32 bits per heavy atom. The molecule has 202 valence electrons. The number of imide groups is 1. The molecule has 1 heterocycles. The molecule has 2 aliphatic rings. The summed E-state index contributed by atoms with van der Waals surface area (Å²) >= 11 is 12.1. The second-order valence-corrected chi connectivity index (χ2v) is 11.0. The third-order valence-electron chi connectivity index (χ3n) is 7.24. The summed E-state index contributed by atoms with van der Waals surface area (Å²) in [5.41, 5.74) is 4.35. The average Bonchev–Trinajstić information content (AvgIpc) is 2.86. The minimum atomic E-state index is -0.620. The van der Waals surface area contributed by atoms with E-state index in [0.29, 0.717) is 28.5 Å².